The van der Waals surface area contributed by atoms with Gasteiger partial charge in [0.15, 0.2) is 0 Å². The number of nitrogens with zero attached hydrogens (tertiary/aromatic N) is 1. The lowest BCUT2D eigenvalue weighted by Gasteiger charge is -2.31. The van der Waals surface area contributed by atoms with E-state index in [0.29, 0.717) is 30.7 Å². The molecule has 0 rings (SSSR count). The average Bonchev–Trinajstić information content (AvgIpc) is 2.65. The van der Waals surface area contributed by atoms with Crippen LogP contribution in [0.25, 0.3) is 0 Å². The van der Waals surface area contributed by atoms with Crippen molar-refractivity contribution in [2.45, 2.75) is 109 Å². The highest BCUT2D eigenvalue weighted by molar-refractivity contribution is 7.44. The first kappa shape index (κ1) is 31.8. The minimum atomic E-state index is -4.77. The van der Waals surface area contributed by atoms with E-state index in [4.69, 9.17) is 14.2 Å². The van der Waals surface area contributed by atoms with Gasteiger partial charge in [-0.15, -0.1) is 0 Å². The predicted molar refractivity (Wildman–Crippen MR) is 132 cm³/mol. The Bertz CT molecular complexity index is 501. The van der Waals surface area contributed by atoms with Gasteiger partial charge in [-0.2, -0.15) is 0 Å². The normalized spacial score (nSPS) is 14.9. The number of hydrogen-bond donors (Lipinski definition) is 1. The van der Waals surface area contributed by atoms with E-state index < -0.39 is 13.9 Å². The summed E-state index contributed by atoms with van der Waals surface area (Å²) >= 11 is 0. The van der Waals surface area contributed by atoms with Gasteiger partial charge < -0.3 is 23.5 Å². The molecule has 0 heterocycles. The van der Waals surface area contributed by atoms with Crippen molar-refractivity contribution in [3.63, 3.8) is 0 Å². The van der Waals surface area contributed by atoms with Crippen LogP contribution in [-0.4, -0.2) is 56.4 Å². The third kappa shape index (κ3) is 24.4. The fourth-order valence-corrected chi connectivity index (χ4v) is 4.45. The molecule has 0 bridgehead atoms. The van der Waals surface area contributed by atoms with E-state index >= 15 is 0 Å². The monoisotopic (exact) mass is 477 g/mol. The number of rotatable bonds is 23. The van der Waals surface area contributed by atoms with Gasteiger partial charge >= 0.3 is 0 Å². The van der Waals surface area contributed by atoms with Crippen molar-refractivity contribution in [1.29, 1.82) is 0 Å². The second-order valence-electron chi connectivity index (χ2n) is 10.3. The molecule has 0 aliphatic carbocycles. The number of ether oxygens (including phenoxy) is 1. The van der Waals surface area contributed by atoms with E-state index in [1.54, 1.807) is 0 Å². The Hall–Kier alpha value is -0.230. The Morgan fingerprint density at radius 3 is 1.75 bits per heavy atom. The summed E-state index contributed by atoms with van der Waals surface area (Å²) in [5, 5.41) is 0. The van der Waals surface area contributed by atoms with Crippen molar-refractivity contribution in [2.24, 2.45) is 0 Å². The Balaban J connectivity index is 3.62. The van der Waals surface area contributed by atoms with Crippen LogP contribution in [0.1, 0.15) is 103 Å². The first-order valence-electron chi connectivity index (χ1n) is 12.8. The first-order chi connectivity index (χ1) is 15.0. The Morgan fingerprint density at radius 1 is 0.906 bits per heavy atom. The highest BCUT2D eigenvalue weighted by atomic mass is 31.2. The lowest BCUT2D eigenvalue weighted by atomic mass is 10.0. The first-order valence-corrected chi connectivity index (χ1v) is 14.3. The quantitative estimate of drug-likeness (QED) is 0.0847. The number of unbranched alkanes of at least 4 members (excludes halogenated alkanes) is 13. The predicted octanol–water partition coefficient (Wildman–Crippen LogP) is 5.98. The highest BCUT2D eigenvalue weighted by Crippen LogP contribution is 2.34. The van der Waals surface area contributed by atoms with Crippen LogP contribution in [0.4, 0.5) is 0 Å². The molecule has 0 aromatic heterocycles. The zero-order chi connectivity index (χ0) is 24.3. The van der Waals surface area contributed by atoms with Gasteiger partial charge in [-0.3, -0.25) is 4.57 Å². The Morgan fingerprint density at radius 2 is 1.34 bits per heavy atom. The topological polar surface area (TPSA) is 78.8 Å². The van der Waals surface area contributed by atoms with Gasteiger partial charge in [0.25, 0.3) is 7.82 Å². The van der Waals surface area contributed by atoms with E-state index in [2.05, 4.69) is 13.5 Å². The third-order valence-corrected chi connectivity index (χ3v) is 6.06. The van der Waals surface area contributed by atoms with Gasteiger partial charge in [-0.25, -0.2) is 0 Å². The van der Waals surface area contributed by atoms with Gasteiger partial charge in [-0.05, 0) is 12.0 Å². The van der Waals surface area contributed by atoms with Gasteiger partial charge in [0.05, 0.1) is 27.7 Å². The van der Waals surface area contributed by atoms with Crippen LogP contribution >= 0.6 is 7.82 Å². The maximum Gasteiger partial charge on any atom is 0.265 e. The molecular formula is C25H52NO5P. The SMILES string of the molecule is C=C(COCCCCCCCCCCCCCCCC)CC(C[N+](C)(C)C)OP(=O)([O-])O. The molecule has 32 heavy (non-hydrogen) atoms. The lowest BCUT2D eigenvalue weighted by Crippen LogP contribution is -2.42. The Labute approximate surface area is 198 Å². The van der Waals surface area contributed by atoms with Crippen LogP contribution in [0.5, 0.6) is 0 Å². The van der Waals surface area contributed by atoms with Crippen molar-refractivity contribution >= 4 is 7.82 Å². The van der Waals surface area contributed by atoms with Gasteiger partial charge in [0.1, 0.15) is 12.6 Å². The smallest absolute Gasteiger partial charge is 0.265 e. The molecule has 192 valence electrons. The zero-order valence-electron chi connectivity index (χ0n) is 21.5. The average molecular weight is 478 g/mol. The van der Waals surface area contributed by atoms with Crippen LogP contribution in [-0.2, 0) is 13.8 Å². The fourth-order valence-electron chi connectivity index (χ4n) is 3.93. The summed E-state index contributed by atoms with van der Waals surface area (Å²) in [5.74, 6) is 0. The van der Waals surface area contributed by atoms with Crippen LogP contribution in [0.2, 0.25) is 0 Å². The molecule has 2 atom stereocenters. The van der Waals surface area contributed by atoms with E-state index in [-0.39, 0.29) is 0 Å². The van der Waals surface area contributed by atoms with Crippen LogP contribution in [0, 0.1) is 0 Å². The summed E-state index contributed by atoms with van der Waals surface area (Å²) < 4.78 is 22.2. The van der Waals surface area contributed by atoms with Gasteiger partial charge in [0, 0.05) is 13.0 Å². The number of likely N-dealkylation sites (N-methyl/N-ethyl adjacent to an activating group) is 1. The molecule has 0 aliphatic rings. The molecule has 1 N–H and O–H groups in total. The second-order valence-corrected chi connectivity index (χ2v) is 11.4. The van der Waals surface area contributed by atoms with Gasteiger partial charge in [0.2, 0.25) is 0 Å². The molecule has 6 nitrogen and oxygen atoms in total. The molecule has 0 aliphatic heterocycles. The molecule has 0 fully saturated rings. The highest BCUT2D eigenvalue weighted by Gasteiger charge is 2.23. The summed E-state index contributed by atoms with van der Waals surface area (Å²) in [7, 11) is 1.06. The van der Waals surface area contributed by atoms with E-state index in [0.717, 1.165) is 12.0 Å². The molecule has 0 spiro atoms. The van der Waals surface area contributed by atoms with Crippen LogP contribution < -0.4 is 4.89 Å². The molecular weight excluding hydrogens is 425 g/mol. The maximum absolute atomic E-state index is 11.1. The van der Waals surface area contributed by atoms with Crippen molar-refractivity contribution in [1.82, 2.24) is 0 Å². The second kappa shape index (κ2) is 19.1. The zero-order valence-corrected chi connectivity index (χ0v) is 22.4. The number of phosphoric ester groups is 1. The molecule has 0 radical (unpaired) electrons. The van der Waals surface area contributed by atoms with Gasteiger partial charge in [-0.1, -0.05) is 97.0 Å². The number of phosphoric acid groups is 1. The van der Waals surface area contributed by atoms with Crippen LogP contribution in [0.15, 0.2) is 12.2 Å². The summed E-state index contributed by atoms with van der Waals surface area (Å²) in [5.41, 5.74) is 0.780. The Kier molecular flexibility index (Phi) is 19.0. The van der Waals surface area contributed by atoms with Crippen LogP contribution in [0.3, 0.4) is 0 Å². The summed E-state index contributed by atoms with van der Waals surface area (Å²) in [6.07, 6.45) is 18.4. The fraction of sp³-hybridized carbons (Fsp3) is 0.920. The van der Waals surface area contributed by atoms with Crippen molar-refractivity contribution in [2.75, 3.05) is 40.9 Å². The molecule has 2 unspecified atom stereocenters. The van der Waals surface area contributed by atoms with E-state index in [1.807, 2.05) is 21.1 Å². The molecule has 0 aromatic carbocycles. The third-order valence-electron chi connectivity index (χ3n) is 5.50. The standard InChI is InChI=1S/C25H52NO5P/c1-6-7-8-9-10-11-12-13-14-15-16-17-18-19-20-30-23-24(2)21-25(22-26(3,4)5)31-32(27,28)29/h25H,2,6-23H2,1,3-5H3,(H-,27,28,29). The summed E-state index contributed by atoms with van der Waals surface area (Å²) in [6.45, 7) is 7.78. The molecule has 0 saturated carbocycles. The maximum atomic E-state index is 11.1. The summed E-state index contributed by atoms with van der Waals surface area (Å²) in [6, 6.07) is 0. The number of quaternary nitrogens is 1. The van der Waals surface area contributed by atoms with E-state index in [1.165, 1.54) is 83.5 Å². The van der Waals surface area contributed by atoms with Crippen molar-refractivity contribution in [3.8, 4) is 0 Å². The van der Waals surface area contributed by atoms with Crippen molar-refractivity contribution < 1.29 is 28.1 Å². The molecule has 0 aromatic rings. The largest absolute Gasteiger partial charge is 0.756 e. The minimum Gasteiger partial charge on any atom is -0.756 e. The lowest BCUT2D eigenvalue weighted by molar-refractivity contribution is -0.873. The molecule has 0 saturated heterocycles. The minimum absolute atomic E-state index is 0.348. The van der Waals surface area contributed by atoms with E-state index in [9.17, 15) is 9.46 Å². The van der Waals surface area contributed by atoms with Crippen molar-refractivity contribution in [3.05, 3.63) is 12.2 Å². The molecule has 7 heteroatoms. The summed E-state index contributed by atoms with van der Waals surface area (Å²) in [4.78, 5) is 20.2. The molecule has 0 amide bonds. The number of hydrogen-bond acceptors (Lipinski definition) is 4.